The largest absolute Gasteiger partial charge is 0.431 e. The van der Waals surface area contributed by atoms with Crippen LogP contribution in [0.3, 0.4) is 0 Å². The van der Waals surface area contributed by atoms with Crippen LogP contribution in [0.4, 0.5) is 24.5 Å². The summed E-state index contributed by atoms with van der Waals surface area (Å²) in [4.78, 5) is 28.2. The lowest BCUT2D eigenvalue weighted by molar-refractivity contribution is -0.384. The number of aromatic nitrogens is 2. The van der Waals surface area contributed by atoms with Crippen LogP contribution in [0.1, 0.15) is 16.2 Å². The Bertz CT molecular complexity index is 1360. The minimum Gasteiger partial charge on any atom is -0.336 e. The van der Waals surface area contributed by atoms with Gasteiger partial charge in [-0.2, -0.15) is 13.2 Å². The number of nitro groups is 1. The van der Waals surface area contributed by atoms with E-state index in [4.69, 9.17) is 0 Å². The Hall–Kier alpha value is -4.21. The fraction of sp³-hybridized carbons (Fsp3) is 0.0909. The maximum atomic E-state index is 13.6. The zero-order valence-electron chi connectivity index (χ0n) is 16.6. The molecule has 7 nitrogen and oxygen atoms in total. The Balaban J connectivity index is 1.89. The number of pyridine rings is 1. The number of nitrogens with one attached hydrogen (secondary N) is 1. The predicted octanol–water partition coefficient (Wildman–Crippen LogP) is 5.42. The molecule has 2 aromatic carbocycles. The summed E-state index contributed by atoms with van der Waals surface area (Å²) in [6.45, 7) is 0. The van der Waals surface area contributed by atoms with Crippen LogP contribution < -0.4 is 5.32 Å². The molecule has 2 aromatic heterocycles. The van der Waals surface area contributed by atoms with Crippen molar-refractivity contribution in [2.45, 2.75) is 6.18 Å². The summed E-state index contributed by atoms with van der Waals surface area (Å²) >= 11 is 0. The van der Waals surface area contributed by atoms with E-state index in [1.54, 1.807) is 30.3 Å². The van der Waals surface area contributed by atoms with Crippen LogP contribution in [0, 0.1) is 10.1 Å². The van der Waals surface area contributed by atoms with Crippen LogP contribution in [0.2, 0.25) is 0 Å². The molecule has 0 unspecified atom stereocenters. The molecule has 10 heteroatoms. The molecule has 0 radical (unpaired) electrons. The van der Waals surface area contributed by atoms with Gasteiger partial charge in [-0.3, -0.25) is 19.9 Å². The van der Waals surface area contributed by atoms with Gasteiger partial charge < -0.3 is 9.88 Å². The number of fused-ring (bicyclic) bond motifs is 1. The minimum absolute atomic E-state index is 0.0928. The molecule has 1 N–H and O–H groups in total. The molecule has 162 valence electrons. The molecule has 2 heterocycles. The fourth-order valence-corrected chi connectivity index (χ4v) is 3.60. The van der Waals surface area contributed by atoms with Gasteiger partial charge in [0, 0.05) is 30.3 Å². The van der Waals surface area contributed by atoms with Crippen LogP contribution in [0.25, 0.3) is 22.0 Å². The molecule has 32 heavy (non-hydrogen) atoms. The quantitative estimate of drug-likeness (QED) is 0.339. The number of anilines is 1. The van der Waals surface area contributed by atoms with Crippen molar-refractivity contribution in [3.63, 3.8) is 0 Å². The van der Waals surface area contributed by atoms with Gasteiger partial charge in [0.25, 0.3) is 11.6 Å². The summed E-state index contributed by atoms with van der Waals surface area (Å²) in [6.07, 6.45) is -3.24. The number of carbonyl (C=O) groups is 1. The van der Waals surface area contributed by atoms with Crippen LogP contribution >= 0.6 is 0 Å². The first-order valence-corrected chi connectivity index (χ1v) is 9.34. The maximum Gasteiger partial charge on any atom is 0.431 e. The molecule has 0 aliphatic carbocycles. The highest BCUT2D eigenvalue weighted by Gasteiger charge is 2.38. The van der Waals surface area contributed by atoms with Gasteiger partial charge in [-0.05, 0) is 24.3 Å². The highest BCUT2D eigenvalue weighted by Crippen LogP contribution is 2.39. The summed E-state index contributed by atoms with van der Waals surface area (Å²) in [5, 5.41) is 14.8. The van der Waals surface area contributed by atoms with E-state index in [1.807, 2.05) is 0 Å². The molecule has 0 saturated heterocycles. The van der Waals surface area contributed by atoms with Crippen molar-refractivity contribution >= 4 is 28.2 Å². The average Bonchev–Trinajstić information content (AvgIpc) is 3.11. The summed E-state index contributed by atoms with van der Waals surface area (Å²) in [5.74, 6) is -0.852. The Labute approximate surface area is 179 Å². The van der Waals surface area contributed by atoms with E-state index in [0.717, 1.165) is 18.5 Å². The van der Waals surface area contributed by atoms with Crippen molar-refractivity contribution in [3.8, 4) is 11.1 Å². The number of rotatable bonds is 4. The zero-order valence-corrected chi connectivity index (χ0v) is 16.6. The number of para-hydroxylation sites is 2. The SMILES string of the molecule is Cn1c(C(F)(F)F)cc(-c2ccccc2[N+](=O)[O-])c1C(=O)Nc1cccc2cccnc12. The molecule has 0 aliphatic heterocycles. The first-order chi connectivity index (χ1) is 15.2. The Morgan fingerprint density at radius 3 is 2.50 bits per heavy atom. The lowest BCUT2D eigenvalue weighted by Gasteiger charge is -2.12. The third kappa shape index (κ3) is 3.66. The highest BCUT2D eigenvalue weighted by molar-refractivity contribution is 6.11. The smallest absolute Gasteiger partial charge is 0.336 e. The molecular weight excluding hydrogens is 425 g/mol. The molecule has 0 bridgehead atoms. The van der Waals surface area contributed by atoms with E-state index in [1.165, 1.54) is 30.5 Å². The summed E-state index contributed by atoms with van der Waals surface area (Å²) in [5.41, 5.74) is -1.40. The molecule has 0 saturated carbocycles. The van der Waals surface area contributed by atoms with Gasteiger partial charge in [0.15, 0.2) is 0 Å². The zero-order chi connectivity index (χ0) is 23.0. The van der Waals surface area contributed by atoms with Crippen molar-refractivity contribution in [1.82, 2.24) is 9.55 Å². The molecule has 4 aromatic rings. The molecule has 4 rings (SSSR count). The van der Waals surface area contributed by atoms with Gasteiger partial charge in [-0.15, -0.1) is 0 Å². The number of hydrogen-bond acceptors (Lipinski definition) is 4. The van der Waals surface area contributed by atoms with E-state index in [9.17, 15) is 28.1 Å². The topological polar surface area (TPSA) is 90.1 Å². The van der Waals surface area contributed by atoms with Crippen LogP contribution in [0.5, 0.6) is 0 Å². The van der Waals surface area contributed by atoms with Gasteiger partial charge in [-0.1, -0.05) is 30.3 Å². The van der Waals surface area contributed by atoms with Gasteiger partial charge in [0.2, 0.25) is 0 Å². The molecule has 1 amide bonds. The number of hydrogen-bond donors (Lipinski definition) is 1. The number of carbonyl (C=O) groups excluding carboxylic acids is 1. The Morgan fingerprint density at radius 1 is 1.06 bits per heavy atom. The maximum absolute atomic E-state index is 13.6. The highest BCUT2D eigenvalue weighted by atomic mass is 19.4. The molecular formula is C22H15F3N4O3. The summed E-state index contributed by atoms with van der Waals surface area (Å²) in [7, 11) is 1.09. The monoisotopic (exact) mass is 440 g/mol. The standard InChI is InChI=1S/C22H15F3N4O3/c1-28-18(22(23,24)25)12-15(14-8-2-3-10-17(14)29(31)32)20(28)21(30)27-16-9-4-6-13-7-5-11-26-19(13)16/h2-12H,1H3,(H,27,30). The van der Waals surface area contributed by atoms with Gasteiger partial charge in [-0.25, -0.2) is 0 Å². The number of nitro benzene ring substituents is 1. The number of nitrogens with zero attached hydrogens (tertiary/aromatic N) is 3. The van der Waals surface area contributed by atoms with Crippen LogP contribution in [0.15, 0.2) is 66.9 Å². The van der Waals surface area contributed by atoms with Crippen molar-refractivity contribution in [2.24, 2.45) is 7.05 Å². The normalized spacial score (nSPS) is 11.5. The Morgan fingerprint density at radius 2 is 1.78 bits per heavy atom. The molecule has 0 atom stereocenters. The minimum atomic E-state index is -4.77. The number of alkyl halides is 3. The van der Waals surface area contributed by atoms with Crippen molar-refractivity contribution in [1.29, 1.82) is 0 Å². The number of halogens is 3. The second kappa shape index (κ2) is 7.80. The first-order valence-electron chi connectivity index (χ1n) is 9.34. The lowest BCUT2D eigenvalue weighted by Crippen LogP contribution is -2.20. The van der Waals surface area contributed by atoms with Crippen molar-refractivity contribution < 1.29 is 22.9 Å². The fourth-order valence-electron chi connectivity index (χ4n) is 3.60. The second-order valence-electron chi connectivity index (χ2n) is 6.96. The van der Waals surface area contributed by atoms with Crippen molar-refractivity contribution in [2.75, 3.05) is 5.32 Å². The number of amides is 1. The van der Waals surface area contributed by atoms with E-state index in [-0.39, 0.29) is 16.8 Å². The summed E-state index contributed by atoms with van der Waals surface area (Å²) in [6, 6.07) is 14.6. The Kier molecular flexibility index (Phi) is 5.13. The van der Waals surface area contributed by atoms with E-state index < -0.39 is 28.4 Å². The molecule has 0 fully saturated rings. The van der Waals surface area contributed by atoms with E-state index in [0.29, 0.717) is 15.8 Å². The third-order valence-electron chi connectivity index (χ3n) is 5.01. The van der Waals surface area contributed by atoms with Gasteiger partial charge in [0.05, 0.1) is 21.7 Å². The predicted molar refractivity (Wildman–Crippen MR) is 112 cm³/mol. The van der Waals surface area contributed by atoms with Crippen molar-refractivity contribution in [3.05, 3.63) is 88.4 Å². The van der Waals surface area contributed by atoms with Gasteiger partial charge in [0.1, 0.15) is 11.4 Å². The average molecular weight is 440 g/mol. The second-order valence-corrected chi connectivity index (χ2v) is 6.96. The van der Waals surface area contributed by atoms with E-state index in [2.05, 4.69) is 10.3 Å². The van der Waals surface area contributed by atoms with E-state index >= 15 is 0 Å². The van der Waals surface area contributed by atoms with Crippen LogP contribution in [-0.2, 0) is 13.2 Å². The first kappa shape index (κ1) is 21.0. The summed E-state index contributed by atoms with van der Waals surface area (Å²) < 4.78 is 41.6. The van der Waals surface area contributed by atoms with Gasteiger partial charge >= 0.3 is 6.18 Å². The lowest BCUT2D eigenvalue weighted by atomic mass is 10.0. The molecule has 0 aliphatic rings. The van der Waals surface area contributed by atoms with Crippen LogP contribution in [-0.4, -0.2) is 20.4 Å². The number of benzene rings is 2. The molecule has 0 spiro atoms. The third-order valence-corrected chi connectivity index (χ3v) is 5.01.